The number of hydrogen-bond acceptors (Lipinski definition) is 5. The molecule has 0 unspecified atom stereocenters. The van der Waals surface area contributed by atoms with Crippen LogP contribution in [0.5, 0.6) is 0 Å². The summed E-state index contributed by atoms with van der Waals surface area (Å²) in [7, 11) is 0. The zero-order chi connectivity index (χ0) is 13.7. The Balaban J connectivity index is 1.97. The minimum atomic E-state index is -0.245. The molecule has 0 radical (unpaired) electrons. The van der Waals surface area contributed by atoms with Gasteiger partial charge < -0.3 is 9.04 Å². The van der Waals surface area contributed by atoms with Gasteiger partial charge in [-0.1, -0.05) is 12.1 Å². The topological polar surface area (TPSA) is 32.8 Å². The Morgan fingerprint density at radius 3 is 2.95 bits per heavy atom. The first-order valence-electron chi connectivity index (χ1n) is 6.31. The molecule has 1 aromatic carbocycles. The number of carbonyl (C=O) groups excluding carboxylic acids is 1. The lowest BCUT2D eigenvalue weighted by Gasteiger charge is -2.34. The third-order valence-electron chi connectivity index (χ3n) is 2.71. The minimum absolute atomic E-state index is 0.226. The predicted molar refractivity (Wildman–Crippen MR) is 74.2 cm³/mol. The van der Waals surface area contributed by atoms with Gasteiger partial charge in [-0.05, 0) is 25.5 Å². The molecule has 1 heterocycles. The summed E-state index contributed by atoms with van der Waals surface area (Å²) >= 11 is 1.38. The van der Waals surface area contributed by atoms with Gasteiger partial charge in [0.1, 0.15) is 12.4 Å². The summed E-state index contributed by atoms with van der Waals surface area (Å²) in [5.74, 6) is -0.488. The largest absolute Gasteiger partial charge is 0.465 e. The summed E-state index contributed by atoms with van der Waals surface area (Å²) in [5, 5.41) is 0. The third kappa shape index (κ3) is 3.84. The van der Waals surface area contributed by atoms with Crippen molar-refractivity contribution >= 4 is 23.8 Å². The van der Waals surface area contributed by atoms with Crippen molar-refractivity contribution in [2.24, 2.45) is 0 Å². The van der Waals surface area contributed by atoms with E-state index in [4.69, 9.17) is 4.74 Å². The van der Waals surface area contributed by atoms with Gasteiger partial charge >= 0.3 is 5.97 Å². The number of hydrogen-bond donors (Lipinski definition) is 0. The van der Waals surface area contributed by atoms with Crippen LogP contribution in [-0.4, -0.2) is 36.5 Å². The minimum Gasteiger partial charge on any atom is -0.465 e. The first-order chi connectivity index (χ1) is 9.20. The number of nitrogens with zero attached hydrogens (tertiary/aromatic N) is 2. The maximum Gasteiger partial charge on any atom is 0.321 e. The highest BCUT2D eigenvalue weighted by Gasteiger charge is 2.23. The Morgan fingerprint density at radius 2 is 2.21 bits per heavy atom. The first kappa shape index (κ1) is 14.1. The molecule has 0 bridgehead atoms. The molecule has 0 spiro atoms. The zero-order valence-corrected chi connectivity index (χ0v) is 11.7. The van der Waals surface area contributed by atoms with E-state index in [9.17, 15) is 9.18 Å². The first-order valence-corrected chi connectivity index (χ1v) is 7.04. The SMILES string of the molecule is CCOC(=O)CN1CCCN(c2ccccc2F)S1. The van der Waals surface area contributed by atoms with E-state index < -0.39 is 0 Å². The molecule has 0 aliphatic carbocycles. The second-order valence-electron chi connectivity index (χ2n) is 4.16. The molecule has 19 heavy (non-hydrogen) atoms. The van der Waals surface area contributed by atoms with Crippen LogP contribution < -0.4 is 4.31 Å². The number of anilines is 1. The molecule has 1 aliphatic rings. The number of ether oxygens (including phenoxy) is 1. The van der Waals surface area contributed by atoms with Crippen molar-refractivity contribution < 1.29 is 13.9 Å². The third-order valence-corrected chi connectivity index (χ3v) is 3.83. The Hall–Kier alpha value is -1.27. The fourth-order valence-corrected chi connectivity index (χ4v) is 2.99. The van der Waals surface area contributed by atoms with Crippen molar-refractivity contribution in [2.75, 3.05) is 30.5 Å². The summed E-state index contributed by atoms with van der Waals surface area (Å²) in [5.41, 5.74) is 0.557. The zero-order valence-electron chi connectivity index (χ0n) is 10.8. The molecule has 1 aromatic rings. The molecule has 1 aliphatic heterocycles. The van der Waals surface area contributed by atoms with Gasteiger partial charge in [-0.2, -0.15) is 0 Å². The van der Waals surface area contributed by atoms with Gasteiger partial charge in [-0.25, -0.2) is 8.70 Å². The molecule has 6 heteroatoms. The van der Waals surface area contributed by atoms with Gasteiger partial charge in [0.2, 0.25) is 0 Å². The van der Waals surface area contributed by atoms with Crippen LogP contribution in [0, 0.1) is 5.82 Å². The quantitative estimate of drug-likeness (QED) is 0.626. The van der Waals surface area contributed by atoms with Crippen molar-refractivity contribution in [2.45, 2.75) is 13.3 Å². The van der Waals surface area contributed by atoms with Crippen LogP contribution in [0.4, 0.5) is 10.1 Å². The molecule has 0 N–H and O–H groups in total. The van der Waals surface area contributed by atoms with Crippen molar-refractivity contribution in [1.29, 1.82) is 0 Å². The normalized spacial score (nSPS) is 16.4. The molecule has 1 fully saturated rings. The highest BCUT2D eigenvalue weighted by molar-refractivity contribution is 7.98. The summed E-state index contributed by atoms with van der Waals surface area (Å²) in [6, 6.07) is 6.67. The molecule has 1 saturated heterocycles. The number of benzene rings is 1. The van der Waals surface area contributed by atoms with E-state index in [0.717, 1.165) is 19.5 Å². The molecular formula is C13H17FN2O2S. The summed E-state index contributed by atoms with van der Waals surface area (Å²) < 4.78 is 22.4. The number of halogens is 1. The van der Waals surface area contributed by atoms with Crippen LogP contribution in [0.25, 0.3) is 0 Å². The molecule has 2 rings (SSSR count). The molecule has 0 atom stereocenters. The Labute approximate surface area is 116 Å². The number of rotatable bonds is 4. The summed E-state index contributed by atoms with van der Waals surface area (Å²) in [4.78, 5) is 11.5. The molecule has 104 valence electrons. The number of carbonyl (C=O) groups is 1. The second-order valence-corrected chi connectivity index (χ2v) is 5.28. The number of para-hydroxylation sites is 1. The smallest absolute Gasteiger partial charge is 0.321 e. The molecule has 4 nitrogen and oxygen atoms in total. The Bertz CT molecular complexity index is 444. The van der Waals surface area contributed by atoms with E-state index in [1.807, 2.05) is 14.7 Å². The van der Waals surface area contributed by atoms with Crippen molar-refractivity contribution in [3.05, 3.63) is 30.1 Å². The van der Waals surface area contributed by atoms with Crippen LogP contribution in [0.1, 0.15) is 13.3 Å². The van der Waals surface area contributed by atoms with E-state index in [1.165, 1.54) is 18.2 Å². The lowest BCUT2D eigenvalue weighted by Crippen LogP contribution is -2.37. The Kier molecular flexibility index (Phi) is 5.04. The fraction of sp³-hybridized carbons (Fsp3) is 0.462. The van der Waals surface area contributed by atoms with Gasteiger partial charge in [-0.15, -0.1) is 0 Å². The lowest BCUT2D eigenvalue weighted by atomic mass is 10.3. The van der Waals surface area contributed by atoms with Gasteiger partial charge in [0.15, 0.2) is 0 Å². The van der Waals surface area contributed by atoms with E-state index in [-0.39, 0.29) is 18.3 Å². The van der Waals surface area contributed by atoms with Crippen LogP contribution in [-0.2, 0) is 9.53 Å². The second kappa shape index (κ2) is 6.77. The Morgan fingerprint density at radius 1 is 1.42 bits per heavy atom. The number of esters is 1. The van der Waals surface area contributed by atoms with Crippen LogP contribution in [0.3, 0.4) is 0 Å². The average Bonchev–Trinajstić information content (AvgIpc) is 2.40. The van der Waals surface area contributed by atoms with Crippen molar-refractivity contribution in [3.8, 4) is 0 Å². The highest BCUT2D eigenvalue weighted by Crippen LogP contribution is 2.30. The van der Waals surface area contributed by atoms with Gasteiger partial charge in [-0.3, -0.25) is 4.79 Å². The molecule has 0 aromatic heterocycles. The van der Waals surface area contributed by atoms with Crippen molar-refractivity contribution in [3.63, 3.8) is 0 Å². The molecule has 0 amide bonds. The molecular weight excluding hydrogens is 267 g/mol. The lowest BCUT2D eigenvalue weighted by molar-refractivity contribution is -0.143. The molecule has 0 saturated carbocycles. The van der Waals surface area contributed by atoms with E-state index >= 15 is 0 Å². The van der Waals surface area contributed by atoms with Crippen LogP contribution in [0.15, 0.2) is 24.3 Å². The maximum atomic E-state index is 13.7. The van der Waals surface area contributed by atoms with Gasteiger partial charge in [0, 0.05) is 25.2 Å². The van der Waals surface area contributed by atoms with Crippen LogP contribution >= 0.6 is 12.1 Å². The summed E-state index contributed by atoms with van der Waals surface area (Å²) in [6.45, 7) is 3.96. The van der Waals surface area contributed by atoms with Crippen LogP contribution in [0.2, 0.25) is 0 Å². The predicted octanol–water partition coefficient (Wildman–Crippen LogP) is 2.46. The van der Waals surface area contributed by atoms with Crippen molar-refractivity contribution in [1.82, 2.24) is 4.31 Å². The van der Waals surface area contributed by atoms with E-state index in [0.29, 0.717) is 12.3 Å². The monoisotopic (exact) mass is 284 g/mol. The average molecular weight is 284 g/mol. The van der Waals surface area contributed by atoms with E-state index in [2.05, 4.69) is 0 Å². The maximum absolute atomic E-state index is 13.7. The summed E-state index contributed by atoms with van der Waals surface area (Å²) in [6.07, 6.45) is 0.890. The van der Waals surface area contributed by atoms with E-state index in [1.54, 1.807) is 19.1 Å². The highest BCUT2D eigenvalue weighted by atomic mass is 32.2. The fourth-order valence-electron chi connectivity index (χ4n) is 1.89. The standard InChI is InChI=1S/C13H17FN2O2S/c1-2-18-13(17)10-15-8-5-9-16(19-15)12-7-4-3-6-11(12)14/h3-4,6-7H,2,5,8-10H2,1H3. The van der Waals surface area contributed by atoms with Gasteiger partial charge in [0.25, 0.3) is 0 Å². The van der Waals surface area contributed by atoms with Gasteiger partial charge in [0.05, 0.1) is 12.3 Å².